The number of halogens is 3. The van der Waals surface area contributed by atoms with E-state index in [0.29, 0.717) is 4.91 Å². The first kappa shape index (κ1) is 19.6. The zero-order chi connectivity index (χ0) is 20.5. The molecule has 2 bridgehead atoms. The summed E-state index contributed by atoms with van der Waals surface area (Å²) in [6, 6.07) is 8.60. The summed E-state index contributed by atoms with van der Waals surface area (Å²) in [5.41, 5.74) is -0.644. The van der Waals surface area contributed by atoms with Crippen molar-refractivity contribution in [2.75, 3.05) is 0 Å². The summed E-state index contributed by atoms with van der Waals surface area (Å²) < 4.78 is 47.4. The minimum atomic E-state index is -4.97. The number of amides is 1. The predicted molar refractivity (Wildman–Crippen MR) is 101 cm³/mol. The molecule has 2 fully saturated rings. The van der Waals surface area contributed by atoms with Crippen LogP contribution >= 0.6 is 11.8 Å². The van der Waals surface area contributed by atoms with E-state index in [2.05, 4.69) is 20.4 Å². The summed E-state index contributed by atoms with van der Waals surface area (Å²) in [6.45, 7) is 10.1. The van der Waals surface area contributed by atoms with E-state index < -0.39 is 29.6 Å². The lowest BCUT2D eigenvalue weighted by atomic mass is 9.69. The molecule has 150 valence electrons. The van der Waals surface area contributed by atoms with Crippen molar-refractivity contribution in [3.05, 3.63) is 41.8 Å². The van der Waals surface area contributed by atoms with Crippen molar-refractivity contribution < 1.29 is 27.3 Å². The molecule has 0 aromatic heterocycles. The number of carbonyl (C=O) groups excluding carboxylic acids is 1. The van der Waals surface area contributed by atoms with Gasteiger partial charge in [-0.15, -0.1) is 4.58 Å². The number of rotatable bonds is 3. The highest BCUT2D eigenvalue weighted by Gasteiger charge is 2.77. The Morgan fingerprint density at radius 1 is 1.25 bits per heavy atom. The molecule has 2 aliphatic carbocycles. The zero-order valence-corrected chi connectivity index (χ0v) is 16.9. The number of hydrogen-bond acceptors (Lipinski definition) is 3. The molecular weight excluding hydrogens is 387 g/mol. The van der Waals surface area contributed by atoms with Gasteiger partial charge in [-0.25, -0.2) is 4.79 Å². The van der Waals surface area contributed by atoms with Crippen molar-refractivity contribution in [1.82, 2.24) is 0 Å². The van der Waals surface area contributed by atoms with Crippen LogP contribution in [0.4, 0.5) is 13.2 Å². The second-order valence-electron chi connectivity index (χ2n) is 8.63. The maximum absolute atomic E-state index is 13.5. The van der Waals surface area contributed by atoms with Crippen LogP contribution in [0.5, 0.6) is 0 Å². The third kappa shape index (κ3) is 2.58. The van der Waals surface area contributed by atoms with Gasteiger partial charge in [-0.1, -0.05) is 57.3 Å². The van der Waals surface area contributed by atoms with E-state index in [1.807, 2.05) is 37.3 Å². The van der Waals surface area contributed by atoms with Gasteiger partial charge in [0.2, 0.25) is 6.04 Å². The van der Waals surface area contributed by atoms with Crippen LogP contribution < -0.4 is 0 Å². The molecule has 4 rings (SSSR count). The van der Waals surface area contributed by atoms with Gasteiger partial charge in [0.1, 0.15) is 4.91 Å². The number of hydrogen-bond donors (Lipinski definition) is 0. The standard InChI is InChI=1S/C21H23F3NO2S/c1-12(28-13-8-6-5-7-9-13)17-25(18(26)21(22,23)24)16-15(27-17)14-10-11-20(16,4)19(14,2)3/h5-9,14-16H,1,10-11H2,2-4H3/q+1/t14?,15?,16-,20?/m1/s1. The van der Waals surface area contributed by atoms with Gasteiger partial charge in [0.05, 0.1) is 0 Å². The van der Waals surface area contributed by atoms with Crippen LogP contribution in [-0.2, 0) is 9.53 Å². The van der Waals surface area contributed by atoms with Gasteiger partial charge < -0.3 is 4.74 Å². The molecule has 2 saturated carbocycles. The first-order chi connectivity index (χ1) is 13.0. The monoisotopic (exact) mass is 410 g/mol. The summed E-state index contributed by atoms with van der Waals surface area (Å²) in [5, 5.41) is 0. The van der Waals surface area contributed by atoms with E-state index in [-0.39, 0.29) is 17.2 Å². The molecule has 3 unspecified atom stereocenters. The number of alkyl halides is 3. The molecule has 4 atom stereocenters. The maximum Gasteiger partial charge on any atom is 0.521 e. The van der Waals surface area contributed by atoms with E-state index >= 15 is 0 Å². The molecule has 28 heavy (non-hydrogen) atoms. The van der Waals surface area contributed by atoms with Gasteiger partial charge in [0, 0.05) is 16.2 Å². The van der Waals surface area contributed by atoms with Crippen molar-refractivity contribution in [3.8, 4) is 0 Å². The minimum Gasteiger partial charge on any atom is -0.433 e. The van der Waals surface area contributed by atoms with E-state index in [4.69, 9.17) is 4.74 Å². The Bertz CT molecular complexity index is 877. The van der Waals surface area contributed by atoms with Crippen LogP contribution in [0.2, 0.25) is 0 Å². The average Bonchev–Trinajstić information content (AvgIpc) is 3.16. The number of thioether (sulfide) groups is 1. The molecule has 1 aliphatic heterocycles. The summed E-state index contributed by atoms with van der Waals surface area (Å²) >= 11 is 1.22. The second kappa shape index (κ2) is 6.12. The van der Waals surface area contributed by atoms with Crippen LogP contribution in [0.15, 0.2) is 46.7 Å². The van der Waals surface area contributed by atoms with Crippen molar-refractivity contribution in [3.63, 3.8) is 0 Å². The Morgan fingerprint density at radius 2 is 1.89 bits per heavy atom. The fraction of sp³-hybridized carbons (Fsp3) is 0.524. The number of nitrogens with zero attached hydrogens (tertiary/aromatic N) is 1. The number of fused-ring (bicyclic) bond motifs is 5. The molecule has 1 aromatic carbocycles. The quantitative estimate of drug-likeness (QED) is 0.518. The molecule has 3 nitrogen and oxygen atoms in total. The molecule has 0 radical (unpaired) electrons. The lowest BCUT2D eigenvalue weighted by molar-refractivity contribution is -0.515. The Labute approximate surface area is 166 Å². The maximum atomic E-state index is 13.5. The minimum absolute atomic E-state index is 0.0418. The third-order valence-corrected chi connectivity index (χ3v) is 8.09. The van der Waals surface area contributed by atoms with Gasteiger partial charge in [0.15, 0.2) is 6.10 Å². The summed E-state index contributed by atoms with van der Waals surface area (Å²) in [5.74, 6) is -1.80. The Morgan fingerprint density at radius 3 is 2.50 bits per heavy atom. The first-order valence-electron chi connectivity index (χ1n) is 9.34. The summed E-state index contributed by atoms with van der Waals surface area (Å²) in [6.07, 6.45) is -3.72. The zero-order valence-electron chi connectivity index (χ0n) is 16.0. The van der Waals surface area contributed by atoms with Gasteiger partial charge >= 0.3 is 18.0 Å². The number of carbonyl (C=O) groups is 1. The molecule has 0 N–H and O–H groups in total. The normalized spacial score (nSPS) is 33.0. The second-order valence-corrected chi connectivity index (χ2v) is 9.80. The average molecular weight is 410 g/mol. The number of benzene rings is 1. The molecular formula is C21H23F3NO2S+. The summed E-state index contributed by atoms with van der Waals surface area (Å²) in [4.78, 5) is 13.6. The predicted octanol–water partition coefficient (Wildman–Crippen LogP) is 5.02. The van der Waals surface area contributed by atoms with Gasteiger partial charge in [-0.3, -0.25) is 0 Å². The Hall–Kier alpha value is -1.76. The van der Waals surface area contributed by atoms with Crippen LogP contribution in [0, 0.1) is 16.7 Å². The van der Waals surface area contributed by atoms with Crippen molar-refractivity contribution in [1.29, 1.82) is 0 Å². The largest absolute Gasteiger partial charge is 0.521 e. The highest BCUT2D eigenvalue weighted by Crippen LogP contribution is 2.68. The summed E-state index contributed by atoms with van der Waals surface area (Å²) in [7, 11) is 0. The Balaban J connectivity index is 1.78. The van der Waals surface area contributed by atoms with E-state index in [1.54, 1.807) is 0 Å². The number of ether oxygens (including phenoxy) is 1. The first-order valence-corrected chi connectivity index (χ1v) is 10.2. The molecule has 3 aliphatic rings. The van der Waals surface area contributed by atoms with Crippen LogP contribution in [-0.4, -0.2) is 34.7 Å². The van der Waals surface area contributed by atoms with Gasteiger partial charge in [-0.05, 0) is 30.4 Å². The lowest BCUT2D eigenvalue weighted by Gasteiger charge is -2.35. The van der Waals surface area contributed by atoms with Gasteiger partial charge in [-0.2, -0.15) is 13.2 Å². The van der Waals surface area contributed by atoms with Gasteiger partial charge in [0.25, 0.3) is 0 Å². The van der Waals surface area contributed by atoms with Crippen LogP contribution in [0.25, 0.3) is 0 Å². The fourth-order valence-corrected chi connectivity index (χ4v) is 6.18. The Kier molecular flexibility index (Phi) is 4.27. The van der Waals surface area contributed by atoms with Crippen LogP contribution in [0.3, 0.4) is 0 Å². The highest BCUT2D eigenvalue weighted by molar-refractivity contribution is 8.04. The van der Waals surface area contributed by atoms with E-state index in [0.717, 1.165) is 22.3 Å². The molecule has 1 amide bonds. The smallest absolute Gasteiger partial charge is 0.433 e. The molecule has 1 aromatic rings. The molecule has 1 heterocycles. The molecule has 0 saturated heterocycles. The molecule has 7 heteroatoms. The SMILES string of the molecule is C=C(Sc1ccccc1)C1=[N+](C(=O)C(F)(F)F)[C@@H]2C(O1)C1CCC2(C)C1(C)C. The van der Waals surface area contributed by atoms with Crippen molar-refractivity contribution >= 4 is 23.6 Å². The highest BCUT2D eigenvalue weighted by atomic mass is 32.2. The fourth-order valence-electron chi connectivity index (χ4n) is 5.37. The topological polar surface area (TPSA) is 29.3 Å². The molecule has 0 spiro atoms. The van der Waals surface area contributed by atoms with E-state index in [1.165, 1.54) is 11.8 Å². The van der Waals surface area contributed by atoms with Crippen molar-refractivity contribution in [2.45, 2.75) is 56.8 Å². The van der Waals surface area contributed by atoms with E-state index in [9.17, 15) is 18.0 Å². The third-order valence-electron chi connectivity index (χ3n) is 7.16. The lowest BCUT2D eigenvalue weighted by Crippen LogP contribution is -2.50. The van der Waals surface area contributed by atoms with Crippen LogP contribution in [0.1, 0.15) is 33.6 Å². The van der Waals surface area contributed by atoms with Crippen molar-refractivity contribution in [2.24, 2.45) is 16.7 Å².